The minimum absolute atomic E-state index is 0. The minimum Gasteiger partial charge on any atom is -0.368 e. The van der Waals surface area contributed by atoms with Crippen LogP contribution in [0.3, 0.4) is 0 Å². The average Bonchev–Trinajstić information content (AvgIpc) is 2.80. The second-order valence-electron chi connectivity index (χ2n) is 7.60. The second-order valence-corrected chi connectivity index (χ2v) is 7.60. The van der Waals surface area contributed by atoms with Gasteiger partial charge in [0.1, 0.15) is 5.82 Å². The Kier molecular flexibility index (Phi) is 13.7. The first-order valence-corrected chi connectivity index (χ1v) is 11.6. The molecule has 0 aliphatic carbocycles. The number of anilines is 1. The van der Waals surface area contributed by atoms with Crippen LogP contribution in [0.2, 0.25) is 0 Å². The quantitative estimate of drug-likeness (QED) is 0.254. The van der Waals surface area contributed by atoms with Crippen molar-refractivity contribution in [1.29, 1.82) is 0 Å². The number of benzene rings is 1. The monoisotopic (exact) mass is 576 g/mol. The summed E-state index contributed by atoms with van der Waals surface area (Å²) in [6.07, 6.45) is 0.745. The van der Waals surface area contributed by atoms with E-state index in [9.17, 15) is 14.0 Å². The van der Waals surface area contributed by atoms with Crippen LogP contribution < -0.4 is 15.5 Å². The molecule has 0 atom stereocenters. The van der Waals surface area contributed by atoms with Crippen molar-refractivity contribution in [3.05, 3.63) is 30.1 Å². The molecular formula is C23H38FIN6O2. The van der Waals surface area contributed by atoms with E-state index >= 15 is 0 Å². The summed E-state index contributed by atoms with van der Waals surface area (Å²) < 4.78 is 13.1. The summed E-state index contributed by atoms with van der Waals surface area (Å²) in [7, 11) is 0. The first-order chi connectivity index (χ1) is 15.5. The van der Waals surface area contributed by atoms with Crippen molar-refractivity contribution in [3.63, 3.8) is 0 Å². The highest BCUT2D eigenvalue weighted by Crippen LogP contribution is 2.17. The molecule has 0 aromatic heterocycles. The molecule has 1 aliphatic rings. The zero-order valence-electron chi connectivity index (χ0n) is 20.0. The predicted octanol–water partition coefficient (Wildman–Crippen LogP) is 2.30. The lowest BCUT2D eigenvalue weighted by molar-refractivity contribution is -0.131. The van der Waals surface area contributed by atoms with E-state index in [1.54, 1.807) is 17.0 Å². The molecular weight excluding hydrogens is 538 g/mol. The minimum atomic E-state index is -0.245. The Morgan fingerprint density at radius 2 is 1.64 bits per heavy atom. The topological polar surface area (TPSA) is 80.3 Å². The van der Waals surface area contributed by atoms with E-state index in [0.717, 1.165) is 18.8 Å². The summed E-state index contributed by atoms with van der Waals surface area (Å²) in [5, 5.41) is 6.32. The van der Waals surface area contributed by atoms with Gasteiger partial charge < -0.3 is 25.3 Å². The highest BCUT2D eigenvalue weighted by atomic mass is 127. The highest BCUT2D eigenvalue weighted by molar-refractivity contribution is 14.0. The number of carbonyl (C=O) groups is 2. The molecule has 2 amide bonds. The van der Waals surface area contributed by atoms with E-state index in [-0.39, 0.29) is 41.6 Å². The molecule has 1 fully saturated rings. The van der Waals surface area contributed by atoms with Crippen LogP contribution in [0.1, 0.15) is 33.6 Å². The fourth-order valence-corrected chi connectivity index (χ4v) is 3.65. The molecule has 1 aromatic rings. The third kappa shape index (κ3) is 9.73. The Hall–Kier alpha value is -2.11. The van der Waals surface area contributed by atoms with E-state index in [2.05, 4.69) is 20.5 Å². The van der Waals surface area contributed by atoms with Gasteiger partial charge in [0.05, 0.1) is 6.54 Å². The summed E-state index contributed by atoms with van der Waals surface area (Å²) in [6, 6.07) is 6.46. The average molecular weight is 576 g/mol. The van der Waals surface area contributed by atoms with Gasteiger partial charge in [0.25, 0.3) is 0 Å². The molecule has 0 unspecified atom stereocenters. The van der Waals surface area contributed by atoms with E-state index in [4.69, 9.17) is 0 Å². The van der Waals surface area contributed by atoms with Gasteiger partial charge in [0.2, 0.25) is 11.8 Å². The van der Waals surface area contributed by atoms with Gasteiger partial charge >= 0.3 is 0 Å². The summed E-state index contributed by atoms with van der Waals surface area (Å²) in [5.41, 5.74) is 0.976. The lowest BCUT2D eigenvalue weighted by atomic mass is 10.2. The number of nitrogens with one attached hydrogen (secondary N) is 2. The first-order valence-electron chi connectivity index (χ1n) is 11.6. The number of halogens is 2. The van der Waals surface area contributed by atoms with Crippen molar-refractivity contribution in [1.82, 2.24) is 20.4 Å². The number of rotatable bonds is 10. The molecule has 0 spiro atoms. The van der Waals surface area contributed by atoms with Crippen LogP contribution in [0.15, 0.2) is 29.3 Å². The fourth-order valence-electron chi connectivity index (χ4n) is 3.65. The number of hydrogen-bond donors (Lipinski definition) is 2. The molecule has 10 heteroatoms. The van der Waals surface area contributed by atoms with Crippen molar-refractivity contribution in [2.75, 3.05) is 63.8 Å². The number of nitrogens with zero attached hydrogens (tertiary/aromatic N) is 4. The number of carbonyl (C=O) groups excluding carboxylic acids is 2. The first kappa shape index (κ1) is 28.9. The molecule has 8 nitrogen and oxygen atoms in total. The molecule has 0 radical (unpaired) electrons. The number of piperazine rings is 1. The summed E-state index contributed by atoms with van der Waals surface area (Å²) in [4.78, 5) is 35.0. The number of aliphatic imine (C=N–C) groups is 1. The highest BCUT2D eigenvalue weighted by Gasteiger charge is 2.21. The standard InChI is InChI=1S/C23H37FN6O2.HI/c1-4-25-23(26-13-11-21(31)28(5-2)6-3)27-14-12-22(32)30-17-15-29(16-18-30)20-9-7-19(24)8-10-20;/h7-10H,4-6,11-18H2,1-3H3,(H2,25,26,27);1H. The van der Waals surface area contributed by atoms with Gasteiger partial charge in [0.15, 0.2) is 5.96 Å². The van der Waals surface area contributed by atoms with Gasteiger partial charge in [-0.1, -0.05) is 0 Å². The number of guanidine groups is 1. The van der Waals surface area contributed by atoms with E-state index in [0.29, 0.717) is 64.6 Å². The molecule has 1 saturated heterocycles. The van der Waals surface area contributed by atoms with Gasteiger partial charge in [-0.3, -0.25) is 14.6 Å². The Bertz CT molecular complexity index is 750. The van der Waals surface area contributed by atoms with E-state index < -0.39 is 0 Å². The maximum absolute atomic E-state index is 13.1. The zero-order chi connectivity index (χ0) is 23.3. The largest absolute Gasteiger partial charge is 0.368 e. The van der Waals surface area contributed by atoms with Gasteiger partial charge in [-0.25, -0.2) is 4.39 Å². The lowest BCUT2D eigenvalue weighted by Crippen LogP contribution is -2.49. The molecule has 1 heterocycles. The third-order valence-corrected chi connectivity index (χ3v) is 5.51. The maximum Gasteiger partial charge on any atom is 0.224 e. The van der Waals surface area contributed by atoms with Crippen molar-refractivity contribution in [3.8, 4) is 0 Å². The van der Waals surface area contributed by atoms with Crippen LogP contribution in [0.25, 0.3) is 0 Å². The van der Waals surface area contributed by atoms with Crippen LogP contribution in [-0.4, -0.2) is 86.5 Å². The van der Waals surface area contributed by atoms with E-state index in [1.165, 1.54) is 12.1 Å². The van der Waals surface area contributed by atoms with Crippen molar-refractivity contribution >= 4 is 47.4 Å². The molecule has 186 valence electrons. The molecule has 2 rings (SSSR count). The van der Waals surface area contributed by atoms with Crippen LogP contribution in [0.4, 0.5) is 10.1 Å². The van der Waals surface area contributed by atoms with Crippen LogP contribution in [-0.2, 0) is 9.59 Å². The molecule has 33 heavy (non-hydrogen) atoms. The SMILES string of the molecule is CCNC(=NCCC(=O)N1CCN(c2ccc(F)cc2)CC1)NCCC(=O)N(CC)CC.I. The normalized spacial score (nSPS) is 13.9. The van der Waals surface area contributed by atoms with Crippen LogP contribution in [0, 0.1) is 5.82 Å². The van der Waals surface area contributed by atoms with Crippen molar-refractivity contribution < 1.29 is 14.0 Å². The smallest absolute Gasteiger partial charge is 0.224 e. The maximum atomic E-state index is 13.1. The fraction of sp³-hybridized carbons (Fsp3) is 0.609. The zero-order valence-corrected chi connectivity index (χ0v) is 22.3. The van der Waals surface area contributed by atoms with Crippen molar-refractivity contribution in [2.24, 2.45) is 4.99 Å². The second kappa shape index (κ2) is 15.7. The Labute approximate surface area is 214 Å². The summed E-state index contributed by atoms with van der Waals surface area (Å²) >= 11 is 0. The van der Waals surface area contributed by atoms with Crippen molar-refractivity contribution in [2.45, 2.75) is 33.6 Å². The third-order valence-electron chi connectivity index (χ3n) is 5.51. The van der Waals surface area contributed by atoms with Gasteiger partial charge in [-0.05, 0) is 45.0 Å². The Morgan fingerprint density at radius 3 is 2.21 bits per heavy atom. The molecule has 1 aromatic carbocycles. The Morgan fingerprint density at radius 1 is 1.00 bits per heavy atom. The Balaban J connectivity index is 0.00000544. The number of hydrogen-bond acceptors (Lipinski definition) is 4. The molecule has 1 aliphatic heterocycles. The van der Waals surface area contributed by atoms with E-state index in [1.807, 2.05) is 25.7 Å². The molecule has 0 saturated carbocycles. The van der Waals surface area contributed by atoms with Gasteiger partial charge in [-0.2, -0.15) is 0 Å². The van der Waals surface area contributed by atoms with Crippen LogP contribution in [0.5, 0.6) is 0 Å². The van der Waals surface area contributed by atoms with Crippen LogP contribution >= 0.6 is 24.0 Å². The summed E-state index contributed by atoms with van der Waals surface area (Å²) in [5.74, 6) is 0.576. The molecule has 2 N–H and O–H groups in total. The lowest BCUT2D eigenvalue weighted by Gasteiger charge is -2.36. The predicted molar refractivity (Wildman–Crippen MR) is 142 cm³/mol. The van der Waals surface area contributed by atoms with Gasteiger partial charge in [-0.15, -0.1) is 24.0 Å². The molecule has 0 bridgehead atoms. The van der Waals surface area contributed by atoms with Gasteiger partial charge in [0, 0.05) is 70.9 Å². The number of amides is 2. The summed E-state index contributed by atoms with van der Waals surface area (Å²) in [6.45, 7) is 11.7.